The molecule has 1 heterocycles. The molecule has 1 amide bonds. The van der Waals surface area contributed by atoms with Crippen LogP contribution < -0.4 is 0 Å². The topological polar surface area (TPSA) is 76.1 Å². The van der Waals surface area contributed by atoms with Crippen molar-refractivity contribution in [1.29, 1.82) is 0 Å². The van der Waals surface area contributed by atoms with Crippen LogP contribution in [0.5, 0.6) is 0 Å². The number of carboxylic acids is 1. The number of rotatable bonds is 5. The van der Waals surface area contributed by atoms with Crippen LogP contribution >= 0.6 is 0 Å². The zero-order valence-corrected chi connectivity index (χ0v) is 15.1. The third-order valence-corrected chi connectivity index (χ3v) is 3.99. The molecule has 1 N–H and O–H groups in total. The molecule has 1 fully saturated rings. The fourth-order valence-electron chi connectivity index (χ4n) is 2.83. The lowest BCUT2D eigenvalue weighted by atomic mass is 9.95. The van der Waals surface area contributed by atoms with E-state index >= 15 is 0 Å². The lowest BCUT2D eigenvalue weighted by molar-refractivity contribution is -0.147. The van der Waals surface area contributed by atoms with E-state index < -0.39 is 29.8 Å². The Morgan fingerprint density at radius 1 is 1.32 bits per heavy atom. The van der Waals surface area contributed by atoms with E-state index in [1.54, 1.807) is 20.8 Å². The molecule has 138 valence electrons. The molecule has 1 aromatic rings. The van der Waals surface area contributed by atoms with Crippen molar-refractivity contribution >= 4 is 12.1 Å². The molecule has 6 heteroatoms. The molecule has 0 spiro atoms. The summed E-state index contributed by atoms with van der Waals surface area (Å²) in [5.41, 5.74) is 0.351. The Bertz CT molecular complexity index is 581. The molecule has 25 heavy (non-hydrogen) atoms. The van der Waals surface area contributed by atoms with Gasteiger partial charge in [0.1, 0.15) is 11.8 Å². The number of nitrogens with zero attached hydrogens (tertiary/aromatic N) is 1. The molecule has 2 atom stereocenters. The second-order valence-corrected chi connectivity index (χ2v) is 7.31. The number of hydrogen-bond acceptors (Lipinski definition) is 4. The molecule has 0 saturated carbocycles. The van der Waals surface area contributed by atoms with Crippen LogP contribution in [0.2, 0.25) is 0 Å². The van der Waals surface area contributed by atoms with Gasteiger partial charge in [0.25, 0.3) is 0 Å². The molecule has 1 aromatic carbocycles. The van der Waals surface area contributed by atoms with Gasteiger partial charge >= 0.3 is 12.1 Å². The Hall–Kier alpha value is -2.08. The molecular formula is C19H27NO5. The quantitative estimate of drug-likeness (QED) is 0.882. The molecular weight excluding hydrogens is 322 g/mol. The Morgan fingerprint density at radius 3 is 2.60 bits per heavy atom. The molecule has 1 aliphatic rings. The molecule has 0 radical (unpaired) electrons. The molecule has 6 nitrogen and oxygen atoms in total. The van der Waals surface area contributed by atoms with Gasteiger partial charge in [-0.25, -0.2) is 4.79 Å². The van der Waals surface area contributed by atoms with Crippen molar-refractivity contribution in [2.24, 2.45) is 5.92 Å². The summed E-state index contributed by atoms with van der Waals surface area (Å²) in [7, 11) is 0. The van der Waals surface area contributed by atoms with Gasteiger partial charge < -0.3 is 14.6 Å². The zero-order chi connectivity index (χ0) is 18.4. The van der Waals surface area contributed by atoms with Gasteiger partial charge in [0, 0.05) is 13.0 Å². The van der Waals surface area contributed by atoms with Crippen molar-refractivity contribution in [3.05, 3.63) is 35.9 Å². The van der Waals surface area contributed by atoms with E-state index in [4.69, 9.17) is 9.47 Å². The van der Waals surface area contributed by atoms with E-state index in [1.807, 2.05) is 30.3 Å². The lowest BCUT2D eigenvalue weighted by Gasteiger charge is -2.37. The fourth-order valence-corrected chi connectivity index (χ4v) is 2.83. The molecule has 0 aromatic heterocycles. The van der Waals surface area contributed by atoms with Gasteiger partial charge in [0.15, 0.2) is 0 Å². The SMILES string of the molecule is CC(C)(C)OC(=O)N1CCCOC1CC(Cc1ccccc1)C(=O)O. The van der Waals surface area contributed by atoms with Crippen molar-refractivity contribution in [3.63, 3.8) is 0 Å². The summed E-state index contributed by atoms with van der Waals surface area (Å²) >= 11 is 0. The first-order valence-corrected chi connectivity index (χ1v) is 8.64. The zero-order valence-electron chi connectivity index (χ0n) is 15.1. The summed E-state index contributed by atoms with van der Waals surface area (Å²) in [6.07, 6.45) is 0.322. The third-order valence-electron chi connectivity index (χ3n) is 3.99. The minimum absolute atomic E-state index is 0.240. The van der Waals surface area contributed by atoms with Crippen molar-refractivity contribution < 1.29 is 24.2 Å². The highest BCUT2D eigenvalue weighted by atomic mass is 16.6. The first-order chi connectivity index (χ1) is 11.8. The van der Waals surface area contributed by atoms with Crippen LogP contribution in [-0.4, -0.2) is 47.0 Å². The monoisotopic (exact) mass is 349 g/mol. The maximum atomic E-state index is 12.4. The minimum Gasteiger partial charge on any atom is -0.481 e. The average Bonchev–Trinajstić information content (AvgIpc) is 2.54. The van der Waals surface area contributed by atoms with Crippen molar-refractivity contribution in [2.75, 3.05) is 13.2 Å². The second-order valence-electron chi connectivity index (χ2n) is 7.31. The molecule has 1 saturated heterocycles. The highest BCUT2D eigenvalue weighted by molar-refractivity contribution is 5.71. The Balaban J connectivity index is 2.07. The Labute approximate surface area is 148 Å². The van der Waals surface area contributed by atoms with E-state index in [0.717, 1.165) is 5.56 Å². The van der Waals surface area contributed by atoms with Crippen LogP contribution in [-0.2, 0) is 20.7 Å². The molecule has 2 unspecified atom stereocenters. The van der Waals surface area contributed by atoms with E-state index in [1.165, 1.54) is 4.90 Å². The van der Waals surface area contributed by atoms with Crippen molar-refractivity contribution in [2.45, 2.75) is 51.9 Å². The summed E-state index contributed by atoms with van der Waals surface area (Å²) in [5.74, 6) is -1.52. The van der Waals surface area contributed by atoms with Crippen LogP contribution in [0.3, 0.4) is 0 Å². The summed E-state index contributed by atoms with van der Waals surface area (Å²) in [5, 5.41) is 9.59. The minimum atomic E-state index is -0.887. The first-order valence-electron chi connectivity index (χ1n) is 8.64. The maximum absolute atomic E-state index is 12.4. The van der Waals surface area contributed by atoms with Crippen molar-refractivity contribution in [3.8, 4) is 0 Å². The number of aliphatic carboxylic acids is 1. The van der Waals surface area contributed by atoms with Gasteiger partial charge in [-0.3, -0.25) is 9.69 Å². The second kappa shape index (κ2) is 8.34. The largest absolute Gasteiger partial charge is 0.481 e. The molecule has 0 aliphatic carbocycles. The molecule has 2 rings (SSSR count). The van der Waals surface area contributed by atoms with Gasteiger partial charge in [-0.05, 0) is 39.2 Å². The number of hydrogen-bond donors (Lipinski definition) is 1. The smallest absolute Gasteiger partial charge is 0.412 e. The molecule has 1 aliphatic heterocycles. The number of ether oxygens (including phenoxy) is 2. The average molecular weight is 349 g/mol. The first kappa shape index (κ1) is 19.2. The standard InChI is InChI=1S/C19H27NO5/c1-19(2,3)25-18(23)20-10-7-11-24-16(20)13-15(17(21)22)12-14-8-5-4-6-9-14/h4-6,8-9,15-16H,7,10-13H2,1-3H3,(H,21,22). The predicted molar refractivity (Wildman–Crippen MR) is 93.2 cm³/mol. The van der Waals surface area contributed by atoms with Gasteiger partial charge in [0.2, 0.25) is 0 Å². The number of carboxylic acid groups (broad SMARTS) is 1. The van der Waals surface area contributed by atoms with Gasteiger partial charge in [-0.15, -0.1) is 0 Å². The van der Waals surface area contributed by atoms with Crippen LogP contribution in [0.15, 0.2) is 30.3 Å². The summed E-state index contributed by atoms with van der Waals surface area (Å²) in [6.45, 7) is 6.44. The summed E-state index contributed by atoms with van der Waals surface area (Å²) < 4.78 is 11.1. The van der Waals surface area contributed by atoms with E-state index in [0.29, 0.717) is 26.0 Å². The Morgan fingerprint density at radius 2 is 2.00 bits per heavy atom. The normalized spacial score (nSPS) is 19.3. The molecule has 0 bridgehead atoms. The number of carbonyl (C=O) groups excluding carboxylic acids is 1. The predicted octanol–water partition coefficient (Wildman–Crippen LogP) is 3.30. The highest BCUT2D eigenvalue weighted by Crippen LogP contribution is 2.23. The van der Waals surface area contributed by atoms with E-state index in [9.17, 15) is 14.7 Å². The summed E-state index contributed by atoms with van der Waals surface area (Å²) in [6, 6.07) is 9.48. The van der Waals surface area contributed by atoms with Gasteiger partial charge in [-0.1, -0.05) is 30.3 Å². The maximum Gasteiger partial charge on any atom is 0.412 e. The van der Waals surface area contributed by atoms with Crippen LogP contribution in [0.4, 0.5) is 4.79 Å². The Kier molecular flexibility index (Phi) is 6.42. The third kappa shape index (κ3) is 6.05. The number of benzene rings is 1. The van der Waals surface area contributed by atoms with Crippen LogP contribution in [0.1, 0.15) is 39.2 Å². The van der Waals surface area contributed by atoms with Gasteiger partial charge in [-0.2, -0.15) is 0 Å². The fraction of sp³-hybridized carbons (Fsp3) is 0.579. The van der Waals surface area contributed by atoms with E-state index in [2.05, 4.69) is 0 Å². The summed E-state index contributed by atoms with van der Waals surface area (Å²) in [4.78, 5) is 25.6. The van der Waals surface area contributed by atoms with Crippen LogP contribution in [0.25, 0.3) is 0 Å². The van der Waals surface area contributed by atoms with E-state index in [-0.39, 0.29) is 6.42 Å². The highest BCUT2D eigenvalue weighted by Gasteiger charge is 2.34. The lowest BCUT2D eigenvalue weighted by Crippen LogP contribution is -2.49. The number of amides is 1. The van der Waals surface area contributed by atoms with Crippen molar-refractivity contribution in [1.82, 2.24) is 4.90 Å². The van der Waals surface area contributed by atoms with Crippen LogP contribution in [0, 0.1) is 5.92 Å². The number of carbonyl (C=O) groups is 2. The van der Waals surface area contributed by atoms with Gasteiger partial charge in [0.05, 0.1) is 12.5 Å².